The van der Waals surface area contributed by atoms with Gasteiger partial charge in [-0.15, -0.1) is 0 Å². The average Bonchev–Trinajstić information content (AvgIpc) is 3.55. The molecule has 1 aromatic carbocycles. The van der Waals surface area contributed by atoms with Crippen molar-refractivity contribution in [3.63, 3.8) is 0 Å². The lowest BCUT2D eigenvalue weighted by Crippen LogP contribution is -2.37. The summed E-state index contributed by atoms with van der Waals surface area (Å²) < 4.78 is 22.7. The van der Waals surface area contributed by atoms with Crippen LogP contribution >= 0.6 is 12.6 Å². The molecule has 0 radical (unpaired) electrons. The van der Waals surface area contributed by atoms with Crippen LogP contribution in [0, 0.1) is 90.6 Å². The first-order valence-corrected chi connectivity index (χ1v) is 33.1. The van der Waals surface area contributed by atoms with Crippen molar-refractivity contribution in [2.24, 2.45) is 0 Å². The maximum Gasteiger partial charge on any atom is 0.119 e. The molecule has 86 heavy (non-hydrogen) atoms. The molecular weight excluding hydrogens is 1100 g/mol. The fraction of sp³-hybridized carbons (Fsp3) is 0.788. The zero-order valence-corrected chi connectivity index (χ0v) is 53.8. The maximum atomic E-state index is 9.26. The molecule has 0 saturated heterocycles. The van der Waals surface area contributed by atoms with Gasteiger partial charge >= 0.3 is 0 Å². The normalized spacial score (nSPS) is 11.3. The molecule has 0 aliphatic rings. The summed E-state index contributed by atoms with van der Waals surface area (Å²) in [6.45, 7) is 22.7. The standard InChI is InChI=1S/C66H109N15O4S/c67-28-1-9-36-75(37-10-2-29-68)44-17-48-79(49-18-45-76(38-11-3-30-69)39-12-4-31-70)52-21-54-81(56-27-65-23-25-66(26-24-65)85-62-61-83-58-57-82-59-60-84-63-64-86)55-22-53-80(50-19-46-77(40-13-5-32-71)41-14-6-33-72)51-20-47-78(42-15-7-34-73)43-16-8-35-74/h23-26,86H,1-22,27,36-64H2. The van der Waals surface area contributed by atoms with Gasteiger partial charge in [-0.3, -0.25) is 0 Å². The molecule has 0 spiro atoms. The van der Waals surface area contributed by atoms with Crippen molar-refractivity contribution in [3.8, 4) is 54.3 Å². The Hall–Kier alpha value is -5.11. The number of nitriles is 8. The summed E-state index contributed by atoms with van der Waals surface area (Å²) in [6, 6.07) is 26.8. The topological polar surface area (TPSA) is 250 Å². The van der Waals surface area contributed by atoms with E-state index in [1.807, 2.05) is 12.1 Å². The second kappa shape index (κ2) is 61.5. The number of ether oxygens (including phenoxy) is 4. The molecule has 0 amide bonds. The molecule has 0 saturated carbocycles. The van der Waals surface area contributed by atoms with Crippen molar-refractivity contribution in [2.45, 2.75) is 148 Å². The highest BCUT2D eigenvalue weighted by Gasteiger charge is 2.16. The van der Waals surface area contributed by atoms with Crippen LogP contribution < -0.4 is 4.74 Å². The Morgan fingerprint density at radius 3 is 0.709 bits per heavy atom. The van der Waals surface area contributed by atoms with E-state index in [1.54, 1.807) is 0 Å². The minimum absolute atomic E-state index is 0.448. The van der Waals surface area contributed by atoms with E-state index < -0.39 is 0 Å². The van der Waals surface area contributed by atoms with E-state index in [1.165, 1.54) is 5.56 Å². The highest BCUT2D eigenvalue weighted by Crippen LogP contribution is 2.15. The molecule has 1 rings (SSSR count). The molecule has 0 bridgehead atoms. The summed E-state index contributed by atoms with van der Waals surface area (Å²) in [5.74, 6) is 1.50. The van der Waals surface area contributed by atoms with Gasteiger partial charge in [0, 0.05) is 63.7 Å². The Balaban J connectivity index is 3.36. The van der Waals surface area contributed by atoms with Gasteiger partial charge in [-0.25, -0.2) is 0 Å². The first-order chi connectivity index (χ1) is 42.4. The van der Waals surface area contributed by atoms with Crippen LogP contribution in [-0.4, -0.2) is 224 Å². The van der Waals surface area contributed by atoms with E-state index >= 15 is 0 Å². The Labute approximate surface area is 526 Å². The van der Waals surface area contributed by atoms with Crippen molar-refractivity contribution in [1.29, 1.82) is 42.1 Å². The van der Waals surface area contributed by atoms with Gasteiger partial charge in [0.05, 0.1) is 88.2 Å². The fourth-order valence-corrected chi connectivity index (χ4v) is 10.5. The van der Waals surface area contributed by atoms with Crippen molar-refractivity contribution >= 4 is 12.6 Å². The average molecular weight is 1210 g/mol. The molecule has 19 nitrogen and oxygen atoms in total. The smallest absolute Gasteiger partial charge is 0.119 e. The van der Waals surface area contributed by atoms with Crippen molar-refractivity contribution in [3.05, 3.63) is 29.8 Å². The molecule has 0 atom stereocenters. The van der Waals surface area contributed by atoms with Crippen LogP contribution in [0.1, 0.15) is 147 Å². The van der Waals surface area contributed by atoms with Crippen molar-refractivity contribution in [1.82, 2.24) is 34.3 Å². The van der Waals surface area contributed by atoms with Crippen LogP contribution in [0.4, 0.5) is 0 Å². The van der Waals surface area contributed by atoms with Crippen LogP contribution in [0.3, 0.4) is 0 Å². The largest absolute Gasteiger partial charge is 0.491 e. The lowest BCUT2D eigenvalue weighted by molar-refractivity contribution is 0.0118. The summed E-state index contributed by atoms with van der Waals surface area (Å²) in [5, 5.41) is 74.1. The predicted molar refractivity (Wildman–Crippen MR) is 344 cm³/mol. The molecule has 0 unspecified atom stereocenters. The third-order valence-corrected chi connectivity index (χ3v) is 15.1. The van der Waals surface area contributed by atoms with E-state index in [0.717, 1.165) is 240 Å². The van der Waals surface area contributed by atoms with Gasteiger partial charge in [-0.1, -0.05) is 12.1 Å². The number of unbranched alkanes of at least 4 members (excludes halogenated alkanes) is 8. The van der Waals surface area contributed by atoms with Gasteiger partial charge in [0.25, 0.3) is 0 Å². The van der Waals surface area contributed by atoms with E-state index in [0.29, 0.717) is 103 Å². The van der Waals surface area contributed by atoms with Crippen molar-refractivity contribution in [2.75, 3.05) is 189 Å². The van der Waals surface area contributed by atoms with Gasteiger partial charge in [-0.05, 0) is 245 Å². The predicted octanol–water partition coefficient (Wildman–Crippen LogP) is 9.47. The maximum absolute atomic E-state index is 9.26. The minimum Gasteiger partial charge on any atom is -0.491 e. The zero-order chi connectivity index (χ0) is 62.3. The molecule has 20 heteroatoms. The number of hydrogen-bond acceptors (Lipinski definition) is 20. The molecule has 0 N–H and O–H groups in total. The van der Waals surface area contributed by atoms with Gasteiger partial charge in [-0.2, -0.15) is 54.7 Å². The third-order valence-electron chi connectivity index (χ3n) is 14.9. The van der Waals surface area contributed by atoms with E-state index in [2.05, 4.69) is 108 Å². The number of rotatable bonds is 63. The summed E-state index contributed by atoms with van der Waals surface area (Å²) in [7, 11) is 0. The van der Waals surface area contributed by atoms with Gasteiger partial charge in [0.15, 0.2) is 0 Å². The number of thiol groups is 1. The summed E-state index contributed by atoms with van der Waals surface area (Å²) in [4.78, 5) is 17.6. The number of hydrogen-bond donors (Lipinski definition) is 1. The quantitative estimate of drug-likeness (QED) is 0.0471. The molecule has 0 fully saturated rings. The number of nitrogens with zero attached hydrogens (tertiary/aromatic N) is 15. The first kappa shape index (κ1) is 78.9. The van der Waals surface area contributed by atoms with Gasteiger partial charge < -0.3 is 53.2 Å². The Bertz CT molecular complexity index is 1800. The molecular formula is C66H109N15O4S. The molecule has 0 heterocycles. The second-order valence-corrected chi connectivity index (χ2v) is 22.4. The molecule has 0 aromatic heterocycles. The Morgan fingerprint density at radius 2 is 0.477 bits per heavy atom. The fourth-order valence-electron chi connectivity index (χ4n) is 10.4. The lowest BCUT2D eigenvalue weighted by atomic mass is 10.1. The third kappa shape index (κ3) is 48.9. The second-order valence-electron chi connectivity index (χ2n) is 21.9. The van der Waals surface area contributed by atoms with Crippen molar-refractivity contribution < 1.29 is 18.9 Å². The molecule has 478 valence electrons. The zero-order valence-electron chi connectivity index (χ0n) is 52.9. The van der Waals surface area contributed by atoms with Crippen LogP contribution in [0.2, 0.25) is 0 Å². The van der Waals surface area contributed by atoms with Crippen LogP contribution in [-0.2, 0) is 20.6 Å². The number of benzene rings is 1. The molecule has 0 aliphatic heterocycles. The van der Waals surface area contributed by atoms with Crippen LogP contribution in [0.5, 0.6) is 5.75 Å². The van der Waals surface area contributed by atoms with E-state index in [9.17, 15) is 42.1 Å². The highest BCUT2D eigenvalue weighted by atomic mass is 32.1. The lowest BCUT2D eigenvalue weighted by Gasteiger charge is -2.30. The Kier molecular flexibility index (Phi) is 56.5. The molecule has 1 aromatic rings. The van der Waals surface area contributed by atoms with Gasteiger partial charge in [0.1, 0.15) is 12.4 Å². The van der Waals surface area contributed by atoms with Crippen LogP contribution in [0.15, 0.2) is 24.3 Å². The monoisotopic (exact) mass is 1210 g/mol. The summed E-state index contributed by atoms with van der Waals surface area (Å²) in [6.07, 6.45) is 17.7. The molecule has 0 aliphatic carbocycles. The van der Waals surface area contributed by atoms with E-state index in [-0.39, 0.29) is 0 Å². The summed E-state index contributed by atoms with van der Waals surface area (Å²) >= 11 is 4.15. The van der Waals surface area contributed by atoms with Crippen LogP contribution in [0.25, 0.3) is 0 Å². The first-order valence-electron chi connectivity index (χ1n) is 32.5. The SMILES string of the molecule is N#CCCCN(CCCC#N)CCCN(CCCN(CCCC#N)CCCC#N)CCCN(CCCN(CCCN(CCCC#N)CCCC#N)CCCN(CCCC#N)CCCC#N)CCc1ccc(OCCOCCOCCOCCS)cc1. The minimum atomic E-state index is 0.448. The van der Waals surface area contributed by atoms with Gasteiger partial charge in [0.2, 0.25) is 0 Å². The highest BCUT2D eigenvalue weighted by molar-refractivity contribution is 7.80. The summed E-state index contributed by atoms with van der Waals surface area (Å²) in [5.41, 5.74) is 1.25. The Morgan fingerprint density at radius 1 is 0.267 bits per heavy atom. The van der Waals surface area contributed by atoms with E-state index in [4.69, 9.17) is 18.9 Å².